The predicted octanol–water partition coefficient (Wildman–Crippen LogP) is 3.53. The van der Waals surface area contributed by atoms with E-state index in [0.717, 1.165) is 16.1 Å². The molecule has 2 aromatic rings. The van der Waals surface area contributed by atoms with Crippen molar-refractivity contribution in [2.24, 2.45) is 0 Å². The second kappa shape index (κ2) is 3.99. The van der Waals surface area contributed by atoms with E-state index in [9.17, 15) is 0 Å². The number of hydrogen-bond acceptors (Lipinski definition) is 2. The average Bonchev–Trinajstić information content (AvgIpc) is 2.20. The van der Waals surface area contributed by atoms with Gasteiger partial charge in [-0.2, -0.15) is 0 Å². The molecule has 0 aliphatic carbocycles. The molecule has 1 nitrogen and oxygen atoms in total. The van der Waals surface area contributed by atoms with E-state index in [0.29, 0.717) is 0 Å². The summed E-state index contributed by atoms with van der Waals surface area (Å²) in [5.74, 6) is 0. The van der Waals surface area contributed by atoms with E-state index in [2.05, 4.69) is 43.8 Å². The Morgan fingerprint density at radius 3 is 2.27 bits per heavy atom. The molecule has 0 aliphatic rings. The lowest BCUT2D eigenvalue weighted by molar-refractivity contribution is 1.42. The molecule has 0 spiro atoms. The van der Waals surface area contributed by atoms with Crippen LogP contribution in [-0.2, 0) is 0 Å². The summed E-state index contributed by atoms with van der Waals surface area (Å²) in [6.07, 6.45) is 0. The van der Waals surface area contributed by atoms with E-state index in [1.807, 2.05) is 18.2 Å². The molecule has 2 heteroatoms. The van der Waals surface area contributed by atoms with Crippen molar-refractivity contribution in [3.8, 4) is 11.1 Å². The van der Waals surface area contributed by atoms with Crippen LogP contribution in [0.2, 0.25) is 0 Å². The highest BCUT2D eigenvalue weighted by molar-refractivity contribution is 7.80. The zero-order valence-corrected chi connectivity index (χ0v) is 9.46. The molecule has 0 aliphatic heterocycles. The second-order valence-electron chi connectivity index (χ2n) is 3.64. The third-order valence-electron chi connectivity index (χ3n) is 2.38. The number of anilines is 1. The molecule has 0 heterocycles. The van der Waals surface area contributed by atoms with Gasteiger partial charge < -0.3 is 5.73 Å². The molecule has 0 unspecified atom stereocenters. The van der Waals surface area contributed by atoms with Gasteiger partial charge in [-0.15, -0.1) is 12.6 Å². The molecular weight excluding hydrogens is 202 g/mol. The van der Waals surface area contributed by atoms with Crippen LogP contribution in [0, 0.1) is 6.92 Å². The molecule has 0 fully saturated rings. The molecule has 0 saturated heterocycles. The van der Waals surface area contributed by atoms with Crippen LogP contribution in [0.1, 0.15) is 5.56 Å². The number of nitrogen functional groups attached to an aromatic ring is 1. The minimum absolute atomic E-state index is 0.746. The molecule has 2 N–H and O–H groups in total. The summed E-state index contributed by atoms with van der Waals surface area (Å²) in [6.45, 7) is 2.08. The Kier molecular flexibility index (Phi) is 2.69. The molecule has 2 aromatic carbocycles. The van der Waals surface area contributed by atoms with Crippen LogP contribution >= 0.6 is 12.6 Å². The Bertz CT molecular complexity index is 474. The lowest BCUT2D eigenvalue weighted by Gasteiger charge is -2.06. The first-order chi connectivity index (χ1) is 7.16. The van der Waals surface area contributed by atoms with Gasteiger partial charge in [0.2, 0.25) is 0 Å². The normalized spacial score (nSPS) is 10.3. The van der Waals surface area contributed by atoms with Gasteiger partial charge in [-0.1, -0.05) is 35.9 Å². The number of thiol groups is 1. The fourth-order valence-electron chi connectivity index (χ4n) is 1.53. The van der Waals surface area contributed by atoms with Gasteiger partial charge in [-0.05, 0) is 30.2 Å². The summed E-state index contributed by atoms with van der Waals surface area (Å²) in [4.78, 5) is 0.916. The monoisotopic (exact) mass is 215 g/mol. The van der Waals surface area contributed by atoms with Crippen molar-refractivity contribution in [2.75, 3.05) is 5.73 Å². The van der Waals surface area contributed by atoms with Gasteiger partial charge in [-0.25, -0.2) is 0 Å². The molecule has 0 aromatic heterocycles. The smallest absolute Gasteiger partial charge is 0.0325 e. The van der Waals surface area contributed by atoms with Crippen LogP contribution in [0.3, 0.4) is 0 Å². The van der Waals surface area contributed by atoms with Crippen LogP contribution in [0.25, 0.3) is 11.1 Å². The Hall–Kier alpha value is -1.41. The highest BCUT2D eigenvalue weighted by atomic mass is 32.1. The topological polar surface area (TPSA) is 26.0 Å². The van der Waals surface area contributed by atoms with Gasteiger partial charge in [0, 0.05) is 10.6 Å². The van der Waals surface area contributed by atoms with Crippen LogP contribution in [0.15, 0.2) is 47.4 Å². The highest BCUT2D eigenvalue weighted by Crippen LogP contribution is 2.28. The third kappa shape index (κ3) is 2.16. The Labute approximate surface area is 95.3 Å². The van der Waals surface area contributed by atoms with Gasteiger partial charge in [0.05, 0.1) is 0 Å². The van der Waals surface area contributed by atoms with Crippen molar-refractivity contribution in [2.45, 2.75) is 11.8 Å². The molecule has 0 saturated carbocycles. The lowest BCUT2D eigenvalue weighted by atomic mass is 10.0. The first kappa shape index (κ1) is 10.1. The first-order valence-electron chi connectivity index (χ1n) is 4.82. The number of hydrogen-bond donors (Lipinski definition) is 2. The largest absolute Gasteiger partial charge is 0.399 e. The number of benzene rings is 2. The van der Waals surface area contributed by atoms with Crippen molar-refractivity contribution in [1.82, 2.24) is 0 Å². The summed E-state index contributed by atoms with van der Waals surface area (Å²) in [7, 11) is 0. The fourth-order valence-corrected chi connectivity index (χ4v) is 1.88. The van der Waals surface area contributed by atoms with E-state index >= 15 is 0 Å². The summed E-state index contributed by atoms with van der Waals surface area (Å²) >= 11 is 4.42. The van der Waals surface area contributed by atoms with Crippen LogP contribution < -0.4 is 5.73 Å². The highest BCUT2D eigenvalue weighted by Gasteiger charge is 2.01. The van der Waals surface area contributed by atoms with E-state index in [4.69, 9.17) is 5.73 Å². The number of rotatable bonds is 1. The van der Waals surface area contributed by atoms with E-state index in [1.54, 1.807) is 0 Å². The van der Waals surface area contributed by atoms with E-state index in [1.165, 1.54) is 11.1 Å². The molecule has 0 radical (unpaired) electrons. The van der Waals surface area contributed by atoms with Gasteiger partial charge in [-0.3, -0.25) is 0 Å². The average molecular weight is 215 g/mol. The Balaban J connectivity index is 2.49. The van der Waals surface area contributed by atoms with Crippen molar-refractivity contribution in [1.29, 1.82) is 0 Å². The Morgan fingerprint density at radius 2 is 1.67 bits per heavy atom. The maximum atomic E-state index is 5.68. The molecule has 15 heavy (non-hydrogen) atoms. The van der Waals surface area contributed by atoms with Crippen molar-refractivity contribution < 1.29 is 0 Å². The number of aryl methyl sites for hydroxylation is 1. The van der Waals surface area contributed by atoms with Crippen LogP contribution in [0.4, 0.5) is 5.69 Å². The summed E-state index contributed by atoms with van der Waals surface area (Å²) in [6, 6.07) is 14.2. The van der Waals surface area contributed by atoms with Gasteiger partial charge in [0.1, 0.15) is 0 Å². The quantitative estimate of drug-likeness (QED) is 0.552. The zero-order chi connectivity index (χ0) is 10.8. The van der Waals surface area contributed by atoms with Crippen molar-refractivity contribution in [3.63, 3.8) is 0 Å². The minimum atomic E-state index is 0.746. The van der Waals surface area contributed by atoms with Crippen molar-refractivity contribution >= 4 is 18.3 Å². The lowest BCUT2D eigenvalue weighted by Crippen LogP contribution is -1.86. The summed E-state index contributed by atoms with van der Waals surface area (Å²) in [5.41, 5.74) is 9.98. The fraction of sp³-hybridized carbons (Fsp3) is 0.0769. The third-order valence-corrected chi connectivity index (χ3v) is 2.75. The maximum absolute atomic E-state index is 5.68. The van der Waals surface area contributed by atoms with Gasteiger partial charge in [0.15, 0.2) is 0 Å². The van der Waals surface area contributed by atoms with Gasteiger partial charge >= 0.3 is 0 Å². The Morgan fingerprint density at radius 1 is 1.00 bits per heavy atom. The molecule has 76 valence electrons. The molecular formula is C13H13NS. The molecule has 0 bridgehead atoms. The van der Waals surface area contributed by atoms with E-state index < -0.39 is 0 Å². The zero-order valence-electron chi connectivity index (χ0n) is 8.57. The standard InChI is InChI=1S/C13H13NS/c1-9-2-4-10(5-3-9)12-7-6-11(14)8-13(12)15/h2-8,15H,14H2,1H3. The molecule has 0 atom stereocenters. The predicted molar refractivity (Wildman–Crippen MR) is 68.3 cm³/mol. The second-order valence-corrected chi connectivity index (χ2v) is 4.12. The van der Waals surface area contributed by atoms with Crippen LogP contribution in [0.5, 0.6) is 0 Å². The molecule has 0 amide bonds. The van der Waals surface area contributed by atoms with Crippen molar-refractivity contribution in [3.05, 3.63) is 48.0 Å². The summed E-state index contributed by atoms with van der Waals surface area (Å²) in [5, 5.41) is 0. The van der Waals surface area contributed by atoms with Crippen LogP contribution in [-0.4, -0.2) is 0 Å². The number of nitrogens with two attached hydrogens (primary N) is 1. The van der Waals surface area contributed by atoms with Gasteiger partial charge in [0.25, 0.3) is 0 Å². The summed E-state index contributed by atoms with van der Waals surface area (Å²) < 4.78 is 0. The first-order valence-corrected chi connectivity index (χ1v) is 5.27. The molecule has 2 rings (SSSR count). The maximum Gasteiger partial charge on any atom is 0.0325 e. The SMILES string of the molecule is Cc1ccc(-c2ccc(N)cc2S)cc1. The minimum Gasteiger partial charge on any atom is -0.399 e. The van der Waals surface area contributed by atoms with E-state index in [-0.39, 0.29) is 0 Å².